The quantitative estimate of drug-likeness (QED) is 0.492. The topological polar surface area (TPSA) is 39.5 Å². The highest BCUT2D eigenvalue weighted by atomic mass is 16.5. The van der Waals surface area contributed by atoms with E-state index in [4.69, 9.17) is 10.00 Å². The fourth-order valence-electron chi connectivity index (χ4n) is 1.97. The first-order valence-electron chi connectivity index (χ1n) is 5.69. The average Bonchev–Trinajstić information content (AvgIpc) is 2.22. The van der Waals surface area contributed by atoms with Gasteiger partial charge in [-0.3, -0.25) is 9.80 Å². The molecule has 0 saturated carbocycles. The van der Waals surface area contributed by atoms with Crippen LogP contribution in [0.3, 0.4) is 0 Å². The van der Waals surface area contributed by atoms with Crippen LogP contribution in [0.4, 0.5) is 0 Å². The Balaban J connectivity index is 2.23. The Bertz CT molecular complexity index is 214. The largest absolute Gasteiger partial charge is 0.380 e. The first kappa shape index (κ1) is 12.4. The lowest BCUT2D eigenvalue weighted by Gasteiger charge is -2.38. The van der Waals surface area contributed by atoms with Crippen molar-refractivity contribution in [3.05, 3.63) is 0 Å². The molecule has 0 bridgehead atoms. The highest BCUT2D eigenvalue weighted by Gasteiger charge is 2.22. The summed E-state index contributed by atoms with van der Waals surface area (Å²) in [6.07, 6.45) is 0. The van der Waals surface area contributed by atoms with Crippen LogP contribution < -0.4 is 0 Å². The van der Waals surface area contributed by atoms with E-state index in [2.05, 4.69) is 22.8 Å². The maximum absolute atomic E-state index is 8.62. The summed E-state index contributed by atoms with van der Waals surface area (Å²) in [4.78, 5) is 4.64. The van der Waals surface area contributed by atoms with Crippen LogP contribution in [0.15, 0.2) is 0 Å². The summed E-state index contributed by atoms with van der Waals surface area (Å²) in [5.41, 5.74) is 0. The van der Waals surface area contributed by atoms with Crippen molar-refractivity contribution in [2.45, 2.75) is 19.9 Å². The van der Waals surface area contributed by atoms with Crippen LogP contribution in [0.2, 0.25) is 0 Å². The van der Waals surface area contributed by atoms with Crippen molar-refractivity contribution in [2.24, 2.45) is 0 Å². The molecule has 0 radical (unpaired) electrons. The first-order chi connectivity index (χ1) is 7.27. The van der Waals surface area contributed by atoms with E-state index in [1.165, 1.54) is 0 Å². The number of ether oxygens (including phenoxy) is 1. The van der Waals surface area contributed by atoms with Crippen LogP contribution in [0.25, 0.3) is 0 Å². The zero-order valence-electron chi connectivity index (χ0n) is 9.78. The van der Waals surface area contributed by atoms with Crippen LogP contribution in [-0.4, -0.2) is 61.8 Å². The summed E-state index contributed by atoms with van der Waals surface area (Å²) in [7, 11) is 0. The van der Waals surface area contributed by atoms with Crippen molar-refractivity contribution < 1.29 is 4.74 Å². The van der Waals surface area contributed by atoms with Gasteiger partial charge in [0, 0.05) is 38.8 Å². The predicted octanol–water partition coefficient (Wildman–Crippen LogP) is 0.553. The van der Waals surface area contributed by atoms with E-state index in [-0.39, 0.29) is 0 Å². The fourth-order valence-corrected chi connectivity index (χ4v) is 1.97. The summed E-state index contributed by atoms with van der Waals surface area (Å²) in [5.74, 6) is 0. The highest BCUT2D eigenvalue weighted by molar-refractivity contribution is 4.84. The molecule has 0 aromatic carbocycles. The predicted molar refractivity (Wildman–Crippen MR) is 59.6 cm³/mol. The first-order valence-corrected chi connectivity index (χ1v) is 5.69. The van der Waals surface area contributed by atoms with Gasteiger partial charge in [0.05, 0.1) is 19.2 Å². The number of hydrogen-bond donors (Lipinski definition) is 0. The van der Waals surface area contributed by atoms with E-state index in [9.17, 15) is 0 Å². The third-order valence-corrected chi connectivity index (χ3v) is 2.87. The van der Waals surface area contributed by atoms with Gasteiger partial charge in [0.25, 0.3) is 0 Å². The zero-order valence-corrected chi connectivity index (χ0v) is 9.78. The van der Waals surface area contributed by atoms with E-state index in [0.717, 1.165) is 39.4 Å². The van der Waals surface area contributed by atoms with Crippen molar-refractivity contribution in [3.8, 4) is 6.07 Å². The van der Waals surface area contributed by atoms with Crippen molar-refractivity contribution >= 4 is 0 Å². The maximum Gasteiger partial charge on any atom is 0.0866 e. The van der Waals surface area contributed by atoms with Crippen molar-refractivity contribution in [3.63, 3.8) is 0 Å². The molecule has 1 fully saturated rings. The third-order valence-electron chi connectivity index (χ3n) is 2.87. The monoisotopic (exact) mass is 211 g/mol. The van der Waals surface area contributed by atoms with Gasteiger partial charge >= 0.3 is 0 Å². The van der Waals surface area contributed by atoms with Gasteiger partial charge in [0.1, 0.15) is 0 Å². The van der Waals surface area contributed by atoms with Gasteiger partial charge in [0.2, 0.25) is 0 Å². The van der Waals surface area contributed by atoms with Crippen LogP contribution >= 0.6 is 0 Å². The summed E-state index contributed by atoms with van der Waals surface area (Å²) in [6, 6.07) is 2.74. The van der Waals surface area contributed by atoms with Gasteiger partial charge in [-0.1, -0.05) is 0 Å². The Labute approximate surface area is 92.4 Å². The molecular formula is C11H21N3O. The molecule has 15 heavy (non-hydrogen) atoms. The Kier molecular flexibility index (Phi) is 5.62. The average molecular weight is 211 g/mol. The van der Waals surface area contributed by atoms with E-state index < -0.39 is 0 Å². The van der Waals surface area contributed by atoms with Gasteiger partial charge < -0.3 is 4.74 Å². The Hall–Kier alpha value is -0.630. The second-order valence-corrected chi connectivity index (χ2v) is 3.98. The lowest BCUT2D eigenvalue weighted by Crippen LogP contribution is -2.52. The van der Waals surface area contributed by atoms with Gasteiger partial charge in [0.15, 0.2) is 0 Å². The van der Waals surface area contributed by atoms with Gasteiger partial charge in [-0.15, -0.1) is 0 Å². The van der Waals surface area contributed by atoms with Crippen molar-refractivity contribution in [1.29, 1.82) is 5.26 Å². The lowest BCUT2D eigenvalue weighted by atomic mass is 10.2. The molecule has 1 saturated heterocycles. The molecule has 1 aliphatic rings. The smallest absolute Gasteiger partial charge is 0.0866 e. The lowest BCUT2D eigenvalue weighted by molar-refractivity contribution is 0.0540. The zero-order chi connectivity index (χ0) is 11.1. The Morgan fingerprint density at radius 3 is 2.87 bits per heavy atom. The third kappa shape index (κ3) is 4.17. The molecule has 0 aliphatic carbocycles. The summed E-state index contributed by atoms with van der Waals surface area (Å²) in [5, 5.41) is 8.62. The summed E-state index contributed by atoms with van der Waals surface area (Å²) in [6.45, 7) is 10.5. The molecule has 4 nitrogen and oxygen atoms in total. The number of piperazine rings is 1. The Morgan fingerprint density at radius 2 is 2.27 bits per heavy atom. The minimum Gasteiger partial charge on any atom is -0.380 e. The molecule has 86 valence electrons. The van der Waals surface area contributed by atoms with Gasteiger partial charge in [-0.05, 0) is 13.8 Å². The molecule has 1 atom stereocenters. The number of nitrogens with zero attached hydrogens (tertiary/aromatic N) is 3. The molecule has 0 N–H and O–H groups in total. The van der Waals surface area contributed by atoms with E-state index in [0.29, 0.717) is 12.6 Å². The minimum atomic E-state index is 0.535. The molecule has 0 amide bonds. The molecular weight excluding hydrogens is 190 g/mol. The molecule has 1 rings (SSSR count). The van der Waals surface area contributed by atoms with Gasteiger partial charge in [-0.25, -0.2) is 0 Å². The van der Waals surface area contributed by atoms with E-state index in [1.54, 1.807) is 0 Å². The van der Waals surface area contributed by atoms with Gasteiger partial charge in [-0.2, -0.15) is 5.26 Å². The molecule has 1 aliphatic heterocycles. The van der Waals surface area contributed by atoms with Crippen LogP contribution in [-0.2, 0) is 4.74 Å². The SMILES string of the molecule is CCOCCN1CCN(CC#N)CC1C. The Morgan fingerprint density at radius 1 is 1.47 bits per heavy atom. The van der Waals surface area contributed by atoms with E-state index >= 15 is 0 Å². The van der Waals surface area contributed by atoms with Crippen molar-refractivity contribution in [1.82, 2.24) is 9.80 Å². The van der Waals surface area contributed by atoms with E-state index in [1.807, 2.05) is 6.92 Å². The van der Waals surface area contributed by atoms with Crippen LogP contribution in [0, 0.1) is 11.3 Å². The molecule has 0 aromatic rings. The van der Waals surface area contributed by atoms with Crippen LogP contribution in [0.5, 0.6) is 0 Å². The second kappa shape index (κ2) is 6.78. The molecule has 4 heteroatoms. The number of rotatable bonds is 5. The summed E-state index contributed by atoms with van der Waals surface area (Å²) < 4.78 is 5.35. The number of nitriles is 1. The fraction of sp³-hybridized carbons (Fsp3) is 0.909. The minimum absolute atomic E-state index is 0.535. The van der Waals surface area contributed by atoms with Crippen LogP contribution in [0.1, 0.15) is 13.8 Å². The molecule has 0 aromatic heterocycles. The maximum atomic E-state index is 8.62. The summed E-state index contributed by atoms with van der Waals surface area (Å²) >= 11 is 0. The normalized spacial score (nSPS) is 23.9. The highest BCUT2D eigenvalue weighted by Crippen LogP contribution is 2.08. The second-order valence-electron chi connectivity index (χ2n) is 3.98. The molecule has 0 spiro atoms. The molecule has 1 unspecified atom stereocenters. The number of hydrogen-bond acceptors (Lipinski definition) is 4. The molecule has 1 heterocycles. The standard InChI is InChI=1S/C11H21N3O/c1-3-15-9-8-14-7-6-13(5-4-12)10-11(14)2/h11H,3,5-10H2,1-2H3. The van der Waals surface area contributed by atoms with Crippen molar-refractivity contribution in [2.75, 3.05) is 45.9 Å².